The van der Waals surface area contributed by atoms with Crippen LogP contribution in [0.4, 0.5) is 0 Å². The third-order valence-corrected chi connectivity index (χ3v) is 2.28. The van der Waals surface area contributed by atoms with Crippen LogP contribution < -0.4 is 0 Å². The van der Waals surface area contributed by atoms with E-state index in [0.717, 1.165) is 10.6 Å². The van der Waals surface area contributed by atoms with E-state index in [1.807, 2.05) is 0 Å². The molecule has 0 aliphatic carbocycles. The van der Waals surface area contributed by atoms with Crippen molar-refractivity contribution in [2.24, 2.45) is 9.98 Å². The Morgan fingerprint density at radius 2 is 2.00 bits per heavy atom. The molecule has 0 atom stereocenters. The van der Waals surface area contributed by atoms with Crippen LogP contribution in [0.3, 0.4) is 0 Å². The maximum Gasteiger partial charge on any atom is 0.234 e. The van der Waals surface area contributed by atoms with Crippen molar-refractivity contribution in [2.45, 2.75) is 0 Å². The lowest BCUT2D eigenvalue weighted by Crippen LogP contribution is -2.30. The molecule has 0 aromatic carbocycles. The zero-order valence-electron chi connectivity index (χ0n) is 6.77. The summed E-state index contributed by atoms with van der Waals surface area (Å²) in [4.78, 5) is 7.03. The van der Waals surface area contributed by atoms with Gasteiger partial charge in [-0.3, -0.25) is 4.99 Å². The van der Waals surface area contributed by atoms with Gasteiger partial charge in [-0.15, -0.1) is 0 Å². The molecular formula is C5H11N3O2S. The third kappa shape index (κ3) is 2.67. The van der Waals surface area contributed by atoms with Gasteiger partial charge in [0.25, 0.3) is 0 Å². The van der Waals surface area contributed by atoms with E-state index in [2.05, 4.69) is 16.7 Å². The van der Waals surface area contributed by atoms with Crippen LogP contribution in [0.2, 0.25) is 0 Å². The molecule has 0 aromatic heterocycles. The number of aliphatic imine (C=N–C) groups is 2. The van der Waals surface area contributed by atoms with E-state index in [0.29, 0.717) is 0 Å². The minimum atomic E-state index is -3.26. The lowest BCUT2D eigenvalue weighted by molar-refractivity contribution is 0.558. The summed E-state index contributed by atoms with van der Waals surface area (Å²) in [5.41, 5.74) is 0. The van der Waals surface area contributed by atoms with Crippen LogP contribution in [0.15, 0.2) is 9.98 Å². The fraction of sp³-hybridized carbons (Fsp3) is 0.600. The van der Waals surface area contributed by atoms with Gasteiger partial charge in [-0.05, 0) is 6.72 Å². The predicted molar refractivity (Wildman–Crippen MR) is 45.5 cm³/mol. The molecule has 0 rings (SSSR count). The Bertz CT molecular complexity index is 267. The molecule has 0 aliphatic rings. The summed E-state index contributed by atoms with van der Waals surface area (Å²) in [6.07, 6.45) is 1.07. The summed E-state index contributed by atoms with van der Waals surface area (Å²) < 4.78 is 22.7. The first-order valence-electron chi connectivity index (χ1n) is 2.81. The molecule has 64 valence electrons. The highest BCUT2D eigenvalue weighted by atomic mass is 32.2. The van der Waals surface area contributed by atoms with Gasteiger partial charge in [-0.25, -0.2) is 17.7 Å². The smallest absolute Gasteiger partial charge is 0.234 e. The van der Waals surface area contributed by atoms with Gasteiger partial charge in [0.15, 0.2) is 0 Å². The lowest BCUT2D eigenvalue weighted by atomic mass is 10.9. The quantitative estimate of drug-likeness (QED) is 0.403. The average molecular weight is 177 g/mol. The van der Waals surface area contributed by atoms with Crippen molar-refractivity contribution >= 4 is 22.7 Å². The van der Waals surface area contributed by atoms with Gasteiger partial charge in [0.2, 0.25) is 16.0 Å². The molecule has 0 unspecified atom stereocenters. The van der Waals surface area contributed by atoms with Crippen LogP contribution in [-0.4, -0.2) is 45.8 Å². The number of hydrogen-bond acceptors (Lipinski definition) is 3. The molecule has 6 heteroatoms. The van der Waals surface area contributed by atoms with Crippen LogP contribution in [0.25, 0.3) is 0 Å². The maximum absolute atomic E-state index is 10.8. The van der Waals surface area contributed by atoms with Crippen molar-refractivity contribution < 1.29 is 8.42 Å². The first-order chi connectivity index (χ1) is 4.93. The Kier molecular flexibility index (Phi) is 3.18. The Morgan fingerprint density at radius 1 is 1.55 bits per heavy atom. The van der Waals surface area contributed by atoms with Gasteiger partial charge in [0, 0.05) is 14.1 Å². The van der Waals surface area contributed by atoms with Crippen LogP contribution >= 0.6 is 0 Å². The van der Waals surface area contributed by atoms with Crippen molar-refractivity contribution in [3.8, 4) is 0 Å². The molecule has 0 bridgehead atoms. The van der Waals surface area contributed by atoms with E-state index in [9.17, 15) is 8.42 Å². The summed E-state index contributed by atoms with van der Waals surface area (Å²) in [6, 6.07) is 0. The Morgan fingerprint density at radius 3 is 2.09 bits per heavy atom. The predicted octanol–water partition coefficient (Wildman–Crippen LogP) is -0.436. The second-order valence-corrected chi connectivity index (χ2v) is 3.93. The Labute approximate surface area is 66.5 Å². The van der Waals surface area contributed by atoms with Gasteiger partial charge in [-0.2, -0.15) is 0 Å². The van der Waals surface area contributed by atoms with E-state index in [1.165, 1.54) is 14.1 Å². The fourth-order valence-corrected chi connectivity index (χ4v) is 0.895. The number of hydrogen-bond donors (Lipinski definition) is 0. The Balaban J connectivity index is 4.76. The molecule has 0 spiro atoms. The number of rotatable bonds is 1. The zero-order valence-corrected chi connectivity index (χ0v) is 7.59. The molecule has 0 amide bonds. The largest absolute Gasteiger partial charge is 0.254 e. The van der Waals surface area contributed by atoms with Gasteiger partial charge < -0.3 is 0 Å². The molecule has 11 heavy (non-hydrogen) atoms. The first-order valence-corrected chi connectivity index (χ1v) is 4.65. The third-order valence-electron chi connectivity index (χ3n) is 1.12. The zero-order chi connectivity index (χ0) is 9.07. The van der Waals surface area contributed by atoms with Gasteiger partial charge >= 0.3 is 0 Å². The van der Waals surface area contributed by atoms with E-state index < -0.39 is 10.0 Å². The van der Waals surface area contributed by atoms with Crippen LogP contribution in [-0.2, 0) is 10.0 Å². The maximum atomic E-state index is 10.8. The summed E-state index contributed by atoms with van der Waals surface area (Å²) >= 11 is 0. The van der Waals surface area contributed by atoms with Crippen LogP contribution in [0.1, 0.15) is 0 Å². The molecule has 0 radical (unpaired) electrons. The molecule has 0 heterocycles. The molecule has 0 saturated carbocycles. The summed E-state index contributed by atoms with van der Waals surface area (Å²) in [7, 11) is -0.440. The topological polar surface area (TPSA) is 62.1 Å². The molecule has 0 fully saturated rings. The molecular weight excluding hydrogens is 166 g/mol. The van der Waals surface area contributed by atoms with Gasteiger partial charge in [0.1, 0.15) is 0 Å². The highest BCUT2D eigenvalue weighted by molar-refractivity contribution is 7.88. The minimum absolute atomic E-state index is 0.0903. The van der Waals surface area contributed by atoms with E-state index >= 15 is 0 Å². The van der Waals surface area contributed by atoms with Crippen molar-refractivity contribution in [3.63, 3.8) is 0 Å². The summed E-state index contributed by atoms with van der Waals surface area (Å²) in [5, 5.41) is 0. The van der Waals surface area contributed by atoms with Gasteiger partial charge in [0.05, 0.1) is 6.26 Å². The molecule has 0 aliphatic heterocycles. The van der Waals surface area contributed by atoms with E-state index in [-0.39, 0.29) is 5.96 Å². The summed E-state index contributed by atoms with van der Waals surface area (Å²) in [5.74, 6) is 0.0903. The second-order valence-electron chi connectivity index (χ2n) is 1.91. The molecule has 0 N–H and O–H groups in total. The van der Waals surface area contributed by atoms with Crippen molar-refractivity contribution in [1.29, 1.82) is 0 Å². The highest BCUT2D eigenvalue weighted by Gasteiger charge is 2.13. The second kappa shape index (κ2) is 3.47. The van der Waals surface area contributed by atoms with Gasteiger partial charge in [-0.1, -0.05) is 0 Å². The van der Waals surface area contributed by atoms with Crippen molar-refractivity contribution in [2.75, 3.05) is 20.4 Å². The van der Waals surface area contributed by atoms with Crippen LogP contribution in [0.5, 0.6) is 0 Å². The molecule has 5 nitrogen and oxygen atoms in total. The van der Waals surface area contributed by atoms with Crippen molar-refractivity contribution in [3.05, 3.63) is 0 Å². The van der Waals surface area contributed by atoms with Crippen LogP contribution in [0, 0.1) is 0 Å². The molecule has 0 aromatic rings. The number of nitrogens with zero attached hydrogens (tertiary/aromatic N) is 3. The fourth-order valence-electron chi connectivity index (χ4n) is 0.459. The first kappa shape index (κ1) is 10.1. The minimum Gasteiger partial charge on any atom is -0.254 e. The Hall–Kier alpha value is -0.910. The standard InChI is InChI=1S/C5H11N3O2S/c1-6-5(7-2)8(3)11(4,9)10/h1H2,2-4H3. The van der Waals surface area contributed by atoms with E-state index in [1.54, 1.807) is 0 Å². The summed E-state index contributed by atoms with van der Waals surface area (Å²) in [6.45, 7) is 3.18. The number of guanidine groups is 1. The molecule has 0 saturated heterocycles. The monoisotopic (exact) mass is 177 g/mol. The SMILES string of the molecule is C=NC(=NC)N(C)S(C)(=O)=O. The highest BCUT2D eigenvalue weighted by Crippen LogP contribution is 1.95. The van der Waals surface area contributed by atoms with Crippen molar-refractivity contribution in [1.82, 2.24) is 4.31 Å². The normalized spacial score (nSPS) is 12.8. The van der Waals surface area contributed by atoms with E-state index in [4.69, 9.17) is 0 Å². The lowest BCUT2D eigenvalue weighted by Gasteiger charge is -2.13. The average Bonchev–Trinajstić information content (AvgIpc) is 1.88. The number of sulfonamides is 1.